The monoisotopic (exact) mass is 553 g/mol. The van der Waals surface area contributed by atoms with Gasteiger partial charge in [0, 0.05) is 27.4 Å². The first-order chi connectivity index (χ1) is 17.5. The number of hydrogen-bond donors (Lipinski definition) is 2. The molecule has 3 aromatic carbocycles. The Kier molecular flexibility index (Phi) is 7.46. The largest absolute Gasteiger partial charge is 0.435 e. The zero-order valence-electron chi connectivity index (χ0n) is 18.3. The number of nitrogens with zero attached hydrogens (tertiary/aromatic N) is 3. The Morgan fingerprint density at radius 2 is 1.62 bits per heavy atom. The smallest absolute Gasteiger partial charge is 0.325 e. The van der Waals surface area contributed by atoms with Gasteiger partial charge >= 0.3 is 6.18 Å². The first-order valence-corrected chi connectivity index (χ1v) is 11.1. The lowest BCUT2D eigenvalue weighted by molar-refractivity contribution is -0.141. The lowest BCUT2D eigenvalue weighted by Crippen LogP contribution is -2.36. The number of guanidine groups is 1. The third-order valence-corrected chi connectivity index (χ3v) is 5.18. The van der Waals surface area contributed by atoms with E-state index in [-0.39, 0.29) is 38.8 Å². The van der Waals surface area contributed by atoms with Gasteiger partial charge in [0.15, 0.2) is 11.5 Å². The van der Waals surface area contributed by atoms with Gasteiger partial charge in [0.2, 0.25) is 5.96 Å². The summed E-state index contributed by atoms with van der Waals surface area (Å²) in [6.45, 7) is 0. The van der Waals surface area contributed by atoms with Crippen molar-refractivity contribution in [3.8, 4) is 5.69 Å². The number of nitrogens with one attached hydrogen (secondary N) is 2. The third kappa shape index (κ3) is 6.63. The van der Waals surface area contributed by atoms with E-state index in [1.807, 2.05) is 0 Å². The molecule has 4 rings (SSSR count). The molecular weight excluding hydrogens is 540 g/mol. The molecule has 0 aliphatic rings. The van der Waals surface area contributed by atoms with Crippen LogP contribution in [0.5, 0.6) is 0 Å². The van der Waals surface area contributed by atoms with Crippen LogP contribution in [0.15, 0.2) is 77.8 Å². The number of anilines is 1. The minimum absolute atomic E-state index is 0.0127. The van der Waals surface area contributed by atoms with Crippen LogP contribution in [0, 0.1) is 11.6 Å². The second-order valence-corrected chi connectivity index (χ2v) is 8.35. The predicted molar refractivity (Wildman–Crippen MR) is 130 cm³/mol. The average Bonchev–Trinajstić information content (AvgIpc) is 3.23. The summed E-state index contributed by atoms with van der Waals surface area (Å²) in [4.78, 5) is 17.0. The number of carbonyl (C=O) groups excluding carboxylic acids is 1. The number of rotatable bonds is 4. The fourth-order valence-corrected chi connectivity index (χ4v) is 3.55. The molecule has 0 atom stereocenters. The number of carbonyl (C=O) groups is 1. The summed E-state index contributed by atoms with van der Waals surface area (Å²) >= 11 is 11.8. The topological polar surface area (TPSA) is 71.3 Å². The second-order valence-electron chi connectivity index (χ2n) is 7.48. The fourth-order valence-electron chi connectivity index (χ4n) is 3.14. The molecule has 0 spiro atoms. The van der Waals surface area contributed by atoms with E-state index < -0.39 is 29.4 Å². The molecule has 4 aromatic rings. The molecular formula is C24H14Cl2F5N5O. The van der Waals surface area contributed by atoms with E-state index in [0.29, 0.717) is 6.07 Å². The summed E-state index contributed by atoms with van der Waals surface area (Å²) in [5, 5.41) is 8.88. The summed E-state index contributed by atoms with van der Waals surface area (Å²) in [6, 6.07) is 14.3. The van der Waals surface area contributed by atoms with Gasteiger partial charge in [-0.15, -0.1) is 0 Å². The molecule has 0 saturated heterocycles. The highest BCUT2D eigenvalue weighted by Gasteiger charge is 2.35. The van der Waals surface area contributed by atoms with Crippen molar-refractivity contribution in [2.24, 2.45) is 4.99 Å². The summed E-state index contributed by atoms with van der Waals surface area (Å²) < 4.78 is 68.5. The van der Waals surface area contributed by atoms with E-state index in [2.05, 4.69) is 20.7 Å². The number of alkyl halides is 3. The van der Waals surface area contributed by atoms with E-state index in [1.165, 1.54) is 36.4 Å². The quantitative estimate of drug-likeness (QED) is 0.162. The minimum Gasteiger partial charge on any atom is -0.325 e. The van der Waals surface area contributed by atoms with Crippen molar-refractivity contribution in [2.45, 2.75) is 6.18 Å². The van der Waals surface area contributed by atoms with Crippen molar-refractivity contribution in [1.29, 1.82) is 0 Å². The van der Waals surface area contributed by atoms with Gasteiger partial charge in [-0.25, -0.2) is 13.5 Å². The lowest BCUT2D eigenvalue weighted by atomic mass is 10.2. The van der Waals surface area contributed by atoms with Gasteiger partial charge in [0.1, 0.15) is 11.6 Å². The van der Waals surface area contributed by atoms with E-state index >= 15 is 0 Å². The number of halogens is 7. The van der Waals surface area contributed by atoms with Crippen molar-refractivity contribution in [2.75, 3.05) is 5.32 Å². The highest BCUT2D eigenvalue weighted by molar-refractivity contribution is 6.31. The lowest BCUT2D eigenvalue weighted by Gasteiger charge is -2.13. The molecule has 0 aliphatic carbocycles. The molecule has 1 heterocycles. The first kappa shape index (κ1) is 26.1. The van der Waals surface area contributed by atoms with E-state index in [9.17, 15) is 26.7 Å². The van der Waals surface area contributed by atoms with Crippen LogP contribution in [-0.2, 0) is 6.18 Å². The standard InChI is InChI=1S/C24H14Cl2F5N5O/c25-14-3-1-2-13(8-14)22(37)34-23(32-18-10-15(26)9-17(28)11-18)33-21-12-20(24(29,30)31)35-36(21)19-6-4-16(27)5-7-19/h1-12H,(H2,32,33,34,37). The van der Waals surface area contributed by atoms with Crippen LogP contribution in [0.3, 0.4) is 0 Å². The molecule has 1 amide bonds. The molecule has 0 fully saturated rings. The van der Waals surface area contributed by atoms with Crippen LogP contribution >= 0.6 is 23.2 Å². The van der Waals surface area contributed by atoms with Crippen LogP contribution in [0.4, 0.5) is 33.5 Å². The number of aromatic nitrogens is 2. The van der Waals surface area contributed by atoms with Gasteiger partial charge in [-0.3, -0.25) is 10.1 Å². The van der Waals surface area contributed by atoms with E-state index in [0.717, 1.165) is 28.9 Å². The Bertz CT molecular complexity index is 1470. The Morgan fingerprint density at radius 3 is 2.27 bits per heavy atom. The van der Waals surface area contributed by atoms with Crippen LogP contribution < -0.4 is 10.6 Å². The average molecular weight is 554 g/mol. The summed E-state index contributed by atoms with van der Waals surface area (Å²) in [7, 11) is 0. The number of hydrogen-bond acceptors (Lipinski definition) is 3. The molecule has 37 heavy (non-hydrogen) atoms. The molecule has 2 N–H and O–H groups in total. The van der Waals surface area contributed by atoms with Gasteiger partial charge in [0.25, 0.3) is 5.91 Å². The van der Waals surface area contributed by atoms with Gasteiger partial charge < -0.3 is 5.32 Å². The molecule has 13 heteroatoms. The Labute approximate surface area is 216 Å². The SMILES string of the molecule is O=C(NC(=Nc1cc(C(F)(F)F)nn1-c1ccc(F)cc1)Nc1cc(F)cc(Cl)c1)c1cccc(Cl)c1. The van der Waals surface area contributed by atoms with Gasteiger partial charge in [0.05, 0.1) is 5.69 Å². The number of benzene rings is 3. The number of amides is 1. The predicted octanol–water partition coefficient (Wildman–Crippen LogP) is 7.01. The molecule has 0 bridgehead atoms. The molecule has 6 nitrogen and oxygen atoms in total. The zero-order valence-corrected chi connectivity index (χ0v) is 19.8. The highest BCUT2D eigenvalue weighted by atomic mass is 35.5. The third-order valence-electron chi connectivity index (χ3n) is 4.72. The van der Waals surface area contributed by atoms with Crippen LogP contribution in [-0.4, -0.2) is 21.6 Å². The van der Waals surface area contributed by atoms with E-state index in [1.54, 1.807) is 6.07 Å². The number of aliphatic imine (C=N–C) groups is 1. The Balaban J connectivity index is 1.81. The van der Waals surface area contributed by atoms with Gasteiger partial charge in [-0.2, -0.15) is 23.3 Å². The summed E-state index contributed by atoms with van der Waals surface area (Å²) in [6.07, 6.45) is -4.83. The molecule has 0 unspecified atom stereocenters. The van der Waals surface area contributed by atoms with Crippen molar-refractivity contribution in [3.63, 3.8) is 0 Å². The Morgan fingerprint density at radius 1 is 0.892 bits per heavy atom. The van der Waals surface area contributed by atoms with Crippen molar-refractivity contribution in [1.82, 2.24) is 15.1 Å². The normalized spacial score (nSPS) is 11.9. The van der Waals surface area contributed by atoms with Crippen LogP contribution in [0.25, 0.3) is 5.69 Å². The second kappa shape index (κ2) is 10.6. The molecule has 190 valence electrons. The fraction of sp³-hybridized carbons (Fsp3) is 0.0417. The van der Waals surface area contributed by atoms with Crippen molar-refractivity contribution in [3.05, 3.63) is 106 Å². The van der Waals surface area contributed by atoms with Crippen LogP contribution in [0.2, 0.25) is 10.0 Å². The molecule has 0 aliphatic heterocycles. The highest BCUT2D eigenvalue weighted by Crippen LogP contribution is 2.32. The zero-order chi connectivity index (χ0) is 26.7. The first-order valence-electron chi connectivity index (χ1n) is 10.3. The minimum atomic E-state index is -4.83. The van der Waals surface area contributed by atoms with Crippen LogP contribution in [0.1, 0.15) is 16.1 Å². The maximum absolute atomic E-state index is 13.9. The molecule has 0 saturated carbocycles. The maximum atomic E-state index is 13.9. The summed E-state index contributed by atoms with van der Waals surface area (Å²) in [5.41, 5.74) is -1.07. The molecule has 0 radical (unpaired) electrons. The van der Waals surface area contributed by atoms with Crippen molar-refractivity contribution < 1.29 is 26.7 Å². The van der Waals surface area contributed by atoms with Crippen molar-refractivity contribution >= 4 is 46.6 Å². The molecule has 1 aromatic heterocycles. The summed E-state index contributed by atoms with van der Waals surface area (Å²) in [5.74, 6) is -2.82. The van der Waals surface area contributed by atoms with Gasteiger partial charge in [-0.05, 0) is 60.7 Å². The van der Waals surface area contributed by atoms with E-state index in [4.69, 9.17) is 23.2 Å². The maximum Gasteiger partial charge on any atom is 0.435 e. The Hall–Kier alpha value is -3.96. The van der Waals surface area contributed by atoms with Gasteiger partial charge in [-0.1, -0.05) is 29.3 Å².